The molecule has 1 fully saturated rings. The average Bonchev–Trinajstić information content (AvgIpc) is 3.49. The number of nitrogens with two attached hydrogens (primary N) is 1. The summed E-state index contributed by atoms with van der Waals surface area (Å²) in [7, 11) is -4.50. The van der Waals surface area contributed by atoms with Gasteiger partial charge in [0.2, 0.25) is 11.8 Å². The number of nitrogens with one attached hydrogen (secondary N) is 1. The van der Waals surface area contributed by atoms with E-state index >= 15 is 4.39 Å². The van der Waals surface area contributed by atoms with Crippen molar-refractivity contribution in [2.75, 3.05) is 25.6 Å². The van der Waals surface area contributed by atoms with Gasteiger partial charge in [-0.25, -0.2) is 13.9 Å². The molecular weight excluding hydrogens is 610 g/mol. The Labute approximate surface area is 258 Å². The van der Waals surface area contributed by atoms with E-state index in [0.717, 1.165) is 12.3 Å². The molecule has 0 spiro atoms. The van der Waals surface area contributed by atoms with Gasteiger partial charge in [-0.3, -0.25) is 13.9 Å². The molecule has 1 aliphatic rings. The smallest absolute Gasteiger partial charge is 0.459 e. The predicted molar refractivity (Wildman–Crippen MR) is 162 cm³/mol. The van der Waals surface area contributed by atoms with Crippen LogP contribution in [0.2, 0.25) is 0 Å². The van der Waals surface area contributed by atoms with Crippen LogP contribution in [0.5, 0.6) is 11.6 Å². The fourth-order valence-electron chi connectivity index (χ4n) is 4.89. The molecule has 5 rings (SSSR count). The normalized spacial score (nSPS) is 23.7. The number of imidazole rings is 1. The first-order valence-corrected chi connectivity index (χ1v) is 15.9. The Kier molecular flexibility index (Phi) is 9.02. The Hall–Kier alpha value is -3.88. The molecule has 0 saturated carbocycles. The van der Waals surface area contributed by atoms with Crippen molar-refractivity contribution in [1.29, 1.82) is 0 Å². The van der Waals surface area contributed by atoms with Crippen molar-refractivity contribution in [2.45, 2.75) is 64.3 Å². The highest BCUT2D eigenvalue weighted by Gasteiger charge is 2.61. The lowest BCUT2D eigenvalue weighted by molar-refractivity contribution is -0.149. The van der Waals surface area contributed by atoms with Gasteiger partial charge in [-0.2, -0.15) is 15.1 Å². The minimum atomic E-state index is -4.50. The van der Waals surface area contributed by atoms with E-state index in [0.29, 0.717) is 5.39 Å². The van der Waals surface area contributed by atoms with Crippen LogP contribution in [-0.4, -0.2) is 73.8 Å². The quantitative estimate of drug-likeness (QED) is 0.148. The van der Waals surface area contributed by atoms with Crippen LogP contribution in [0.1, 0.15) is 40.8 Å². The summed E-state index contributed by atoms with van der Waals surface area (Å²) >= 11 is 0. The summed E-state index contributed by atoms with van der Waals surface area (Å²) in [5, 5.41) is 15.6. The summed E-state index contributed by atoms with van der Waals surface area (Å²) in [4.78, 5) is 25.1. The number of carbonyl (C=O) groups excluding carboxylic acids is 1. The lowest BCUT2D eigenvalue weighted by Gasteiger charge is -2.34. The third kappa shape index (κ3) is 6.44. The summed E-state index contributed by atoms with van der Waals surface area (Å²) in [6, 6.07) is 11.2. The Morgan fingerprint density at radius 3 is 2.71 bits per heavy atom. The number of carbonyl (C=O) groups is 1. The van der Waals surface area contributed by atoms with Gasteiger partial charge in [-0.05, 0) is 46.1 Å². The van der Waals surface area contributed by atoms with Crippen molar-refractivity contribution in [1.82, 2.24) is 24.6 Å². The van der Waals surface area contributed by atoms with Crippen molar-refractivity contribution in [3.05, 3.63) is 48.8 Å². The van der Waals surface area contributed by atoms with Crippen LogP contribution in [0, 0.1) is 0 Å². The number of ether oxygens (including phenoxy) is 3. The van der Waals surface area contributed by atoms with Crippen LogP contribution in [-0.2, 0) is 23.4 Å². The number of aliphatic hydroxyl groups is 1. The number of alkyl halides is 1. The summed E-state index contributed by atoms with van der Waals surface area (Å²) in [5.41, 5.74) is 1.28. The maximum absolute atomic E-state index is 16.7. The Morgan fingerprint density at radius 2 is 1.98 bits per heavy atom. The molecule has 0 aliphatic carbocycles. The molecule has 242 valence electrons. The van der Waals surface area contributed by atoms with Gasteiger partial charge in [0.05, 0.1) is 32.3 Å². The summed E-state index contributed by atoms with van der Waals surface area (Å²) in [6.45, 7) is 6.48. The van der Waals surface area contributed by atoms with Crippen LogP contribution < -0.4 is 20.1 Å². The molecule has 45 heavy (non-hydrogen) atoms. The van der Waals surface area contributed by atoms with Gasteiger partial charge in [0.1, 0.15) is 17.4 Å². The zero-order chi connectivity index (χ0) is 32.6. The molecule has 3 unspecified atom stereocenters. The van der Waals surface area contributed by atoms with E-state index in [1.807, 2.05) is 18.2 Å². The van der Waals surface area contributed by atoms with E-state index in [1.165, 1.54) is 17.8 Å². The first-order valence-electron chi connectivity index (χ1n) is 14.3. The standard InChI is InChI=1S/C29H36FN6O8P/c1-6-40-24-22-23(33-27(31)34-24)36(16-32-22)26-28(5,30)29(38,14-41-26)15-42-45(39,35-18(4)25(37)43-17(2)3)44-21-13-9-11-19-10-7-8-12-20(19)21/h7-13,16-18,26,38H,6,14-15H2,1-5H3,(H,35,39)(H2,31,33,34)/t18?,26-,28+,29?,45?/m1/s1. The number of halogens is 1. The van der Waals surface area contributed by atoms with Gasteiger partial charge in [0.15, 0.2) is 23.1 Å². The lowest BCUT2D eigenvalue weighted by Crippen LogP contribution is -2.53. The lowest BCUT2D eigenvalue weighted by atomic mass is 9.88. The van der Waals surface area contributed by atoms with Crippen LogP contribution in [0.4, 0.5) is 10.3 Å². The molecule has 0 amide bonds. The minimum absolute atomic E-state index is 0.110. The molecule has 4 aromatic rings. The summed E-state index contributed by atoms with van der Waals surface area (Å²) < 4.78 is 60.3. The number of esters is 1. The van der Waals surface area contributed by atoms with Crippen LogP contribution in [0.15, 0.2) is 48.8 Å². The number of anilines is 1. The molecule has 1 saturated heterocycles. The molecule has 0 radical (unpaired) electrons. The molecule has 5 atom stereocenters. The monoisotopic (exact) mass is 646 g/mol. The van der Waals surface area contributed by atoms with E-state index in [2.05, 4.69) is 20.0 Å². The highest BCUT2D eigenvalue weighted by Crippen LogP contribution is 2.51. The van der Waals surface area contributed by atoms with Crippen LogP contribution in [0.25, 0.3) is 21.9 Å². The summed E-state index contributed by atoms with van der Waals surface area (Å²) in [5.74, 6) is -0.560. The van der Waals surface area contributed by atoms with Crippen molar-refractivity contribution in [3.8, 4) is 11.6 Å². The number of aromatic nitrogens is 4. The Balaban J connectivity index is 1.43. The highest BCUT2D eigenvalue weighted by atomic mass is 31.2. The maximum atomic E-state index is 16.7. The SMILES string of the molecule is CCOc1nc(N)nc2c1ncn2[C@@H]1OCC(O)(COP(=O)(NC(C)C(=O)OC(C)C)Oc2cccc3ccccc23)[C@@]1(C)F. The van der Waals surface area contributed by atoms with Gasteiger partial charge in [-0.15, -0.1) is 0 Å². The molecular formula is C29H36FN6O8P. The second-order valence-corrected chi connectivity index (χ2v) is 12.8. The molecule has 3 heterocycles. The number of rotatable bonds is 12. The second-order valence-electron chi connectivity index (χ2n) is 11.1. The third-order valence-corrected chi connectivity index (χ3v) is 8.90. The van der Waals surface area contributed by atoms with Crippen LogP contribution >= 0.6 is 7.75 Å². The van der Waals surface area contributed by atoms with E-state index in [9.17, 15) is 14.5 Å². The third-order valence-electron chi connectivity index (χ3n) is 7.29. The van der Waals surface area contributed by atoms with Crippen molar-refractivity contribution < 1.29 is 42.1 Å². The first-order chi connectivity index (χ1) is 21.3. The van der Waals surface area contributed by atoms with Gasteiger partial charge < -0.3 is 29.6 Å². The Morgan fingerprint density at radius 1 is 1.24 bits per heavy atom. The van der Waals surface area contributed by atoms with Crippen molar-refractivity contribution >= 4 is 41.6 Å². The molecule has 2 aromatic carbocycles. The largest absolute Gasteiger partial charge is 0.476 e. The van der Waals surface area contributed by atoms with Crippen LogP contribution in [0.3, 0.4) is 0 Å². The molecule has 16 heteroatoms. The zero-order valence-electron chi connectivity index (χ0n) is 25.5. The van der Waals surface area contributed by atoms with Gasteiger partial charge in [-0.1, -0.05) is 36.4 Å². The number of benzene rings is 2. The van der Waals surface area contributed by atoms with E-state index in [1.54, 1.807) is 45.0 Å². The topological polar surface area (TPSA) is 182 Å². The first kappa shape index (κ1) is 32.5. The molecule has 0 bridgehead atoms. The average molecular weight is 647 g/mol. The predicted octanol–water partition coefficient (Wildman–Crippen LogP) is 4.08. The van der Waals surface area contributed by atoms with E-state index < -0.39 is 56.6 Å². The number of nitrogen functional groups attached to an aromatic ring is 1. The molecule has 4 N–H and O–H groups in total. The number of hydrogen-bond donors (Lipinski definition) is 3. The zero-order valence-corrected chi connectivity index (χ0v) is 26.4. The molecule has 14 nitrogen and oxygen atoms in total. The molecule has 2 aromatic heterocycles. The van der Waals surface area contributed by atoms with E-state index in [-0.39, 0.29) is 35.3 Å². The minimum Gasteiger partial charge on any atom is -0.476 e. The van der Waals surface area contributed by atoms with E-state index in [4.69, 9.17) is 29.0 Å². The highest BCUT2D eigenvalue weighted by molar-refractivity contribution is 7.52. The van der Waals surface area contributed by atoms with Crippen molar-refractivity contribution in [2.24, 2.45) is 0 Å². The van der Waals surface area contributed by atoms with Gasteiger partial charge in [0.25, 0.3) is 0 Å². The van der Waals surface area contributed by atoms with Gasteiger partial charge in [0, 0.05) is 5.39 Å². The Bertz CT molecular complexity index is 1750. The number of hydrogen-bond acceptors (Lipinski definition) is 12. The van der Waals surface area contributed by atoms with Gasteiger partial charge >= 0.3 is 13.7 Å². The number of fused-ring (bicyclic) bond motifs is 2. The fourth-order valence-corrected chi connectivity index (χ4v) is 6.46. The second kappa shape index (κ2) is 12.5. The maximum Gasteiger partial charge on any atom is 0.459 e. The molecule has 1 aliphatic heterocycles. The fraction of sp³-hybridized carbons (Fsp3) is 0.448. The summed E-state index contributed by atoms with van der Waals surface area (Å²) in [6.07, 6.45) is -0.619. The van der Waals surface area contributed by atoms with Crippen molar-refractivity contribution in [3.63, 3.8) is 0 Å². The number of nitrogens with zero attached hydrogens (tertiary/aromatic N) is 4.